The Balaban J connectivity index is 1.66. The van der Waals surface area contributed by atoms with Crippen LogP contribution in [0.15, 0.2) is 53.5 Å². The van der Waals surface area contributed by atoms with Gasteiger partial charge in [-0.1, -0.05) is 35.9 Å². The predicted octanol–water partition coefficient (Wildman–Crippen LogP) is 2.99. The van der Waals surface area contributed by atoms with Crippen LogP contribution in [0.1, 0.15) is 22.8 Å². The number of nitrogens with one attached hydrogen (secondary N) is 2. The maximum Gasteiger partial charge on any atom is 0.251 e. The molecule has 0 spiro atoms. The molecule has 1 amide bonds. The summed E-state index contributed by atoms with van der Waals surface area (Å²) >= 11 is 6.35. The van der Waals surface area contributed by atoms with Crippen molar-refractivity contribution < 1.29 is 4.79 Å². The Morgan fingerprint density at radius 3 is 2.55 bits per heavy atom. The van der Waals surface area contributed by atoms with Crippen molar-refractivity contribution >= 4 is 29.2 Å². The molecule has 2 aromatic rings. The topological polar surface area (TPSA) is 60.0 Å². The molecule has 1 heterocycles. The number of hydrogen-bond acceptors (Lipinski definition) is 3. The first kappa shape index (κ1) is 21.0. The second-order valence-corrected chi connectivity index (χ2v) is 7.28. The molecule has 3 rings (SSSR count). The van der Waals surface area contributed by atoms with Crippen LogP contribution in [0, 0.1) is 0 Å². The molecule has 0 aromatic heterocycles. The second kappa shape index (κ2) is 10.2. The maximum atomic E-state index is 11.8. The standard InChI is InChI=1S/C22H28ClN5O/c1-3-25-22(26-16-17-7-6-8-18(15-17)21(29)24-2)28-13-11-27(12-14-28)20-10-5-4-9-19(20)23/h4-10,15H,3,11-14,16H2,1-2H3,(H,24,29)(H,25,26). The number of rotatable bonds is 5. The average Bonchev–Trinajstić information content (AvgIpc) is 2.77. The van der Waals surface area contributed by atoms with E-state index in [0.29, 0.717) is 12.1 Å². The first-order chi connectivity index (χ1) is 14.1. The molecule has 29 heavy (non-hydrogen) atoms. The number of guanidine groups is 1. The van der Waals surface area contributed by atoms with E-state index < -0.39 is 0 Å². The van der Waals surface area contributed by atoms with E-state index in [1.165, 1.54) is 0 Å². The summed E-state index contributed by atoms with van der Waals surface area (Å²) in [4.78, 5) is 21.2. The molecule has 0 saturated carbocycles. The summed E-state index contributed by atoms with van der Waals surface area (Å²) in [6.45, 7) is 6.92. The third-order valence-corrected chi connectivity index (χ3v) is 5.25. The third kappa shape index (κ3) is 5.41. The summed E-state index contributed by atoms with van der Waals surface area (Å²) in [5.41, 5.74) is 2.75. The molecule has 0 unspecified atom stereocenters. The van der Waals surface area contributed by atoms with E-state index in [-0.39, 0.29) is 5.91 Å². The zero-order valence-corrected chi connectivity index (χ0v) is 17.7. The summed E-state index contributed by atoms with van der Waals surface area (Å²) in [7, 11) is 1.64. The Labute approximate surface area is 177 Å². The molecule has 1 saturated heterocycles. The Bertz CT molecular complexity index is 862. The number of aliphatic imine (C=N–C) groups is 1. The third-order valence-electron chi connectivity index (χ3n) is 4.93. The van der Waals surface area contributed by atoms with E-state index in [1.807, 2.05) is 42.5 Å². The SMILES string of the molecule is CCNC(=NCc1cccc(C(=O)NC)c1)N1CCN(c2ccccc2Cl)CC1. The second-order valence-electron chi connectivity index (χ2n) is 6.88. The van der Waals surface area contributed by atoms with Crippen molar-refractivity contribution in [2.75, 3.05) is 44.7 Å². The number of piperazine rings is 1. The van der Waals surface area contributed by atoms with E-state index >= 15 is 0 Å². The monoisotopic (exact) mass is 413 g/mol. The summed E-state index contributed by atoms with van der Waals surface area (Å²) < 4.78 is 0. The minimum absolute atomic E-state index is 0.0848. The van der Waals surface area contributed by atoms with Gasteiger partial charge in [-0.3, -0.25) is 4.79 Å². The highest BCUT2D eigenvalue weighted by molar-refractivity contribution is 6.33. The molecule has 0 bridgehead atoms. The Kier molecular flexibility index (Phi) is 7.36. The van der Waals surface area contributed by atoms with Gasteiger partial charge in [-0.15, -0.1) is 0 Å². The molecule has 0 atom stereocenters. The van der Waals surface area contributed by atoms with E-state index in [0.717, 1.165) is 55.0 Å². The van der Waals surface area contributed by atoms with Gasteiger partial charge in [-0.2, -0.15) is 0 Å². The Morgan fingerprint density at radius 2 is 1.86 bits per heavy atom. The highest BCUT2D eigenvalue weighted by Gasteiger charge is 2.21. The number of carbonyl (C=O) groups excluding carboxylic acids is 1. The minimum atomic E-state index is -0.0848. The smallest absolute Gasteiger partial charge is 0.251 e. The summed E-state index contributed by atoms with van der Waals surface area (Å²) in [5, 5.41) is 6.84. The van der Waals surface area contributed by atoms with Crippen LogP contribution in [0.25, 0.3) is 0 Å². The summed E-state index contributed by atoms with van der Waals surface area (Å²) in [6, 6.07) is 15.6. The number of hydrogen-bond donors (Lipinski definition) is 2. The van der Waals surface area contributed by atoms with Crippen molar-refractivity contribution in [3.05, 3.63) is 64.7 Å². The lowest BCUT2D eigenvalue weighted by atomic mass is 10.1. The molecule has 154 valence electrons. The summed E-state index contributed by atoms with van der Waals surface area (Å²) in [6.07, 6.45) is 0. The molecule has 2 N–H and O–H groups in total. The fourth-order valence-electron chi connectivity index (χ4n) is 3.41. The van der Waals surface area contributed by atoms with Gasteiger partial charge in [-0.25, -0.2) is 4.99 Å². The van der Waals surface area contributed by atoms with Crippen LogP contribution in [0.4, 0.5) is 5.69 Å². The van der Waals surface area contributed by atoms with Gasteiger partial charge in [0, 0.05) is 45.3 Å². The number of amides is 1. The number of para-hydroxylation sites is 1. The van der Waals surface area contributed by atoms with E-state index in [1.54, 1.807) is 7.05 Å². The van der Waals surface area contributed by atoms with Crippen LogP contribution in [-0.2, 0) is 6.54 Å². The molecule has 2 aromatic carbocycles. The average molecular weight is 414 g/mol. The lowest BCUT2D eigenvalue weighted by Gasteiger charge is -2.38. The Morgan fingerprint density at radius 1 is 1.10 bits per heavy atom. The minimum Gasteiger partial charge on any atom is -0.367 e. The first-order valence-electron chi connectivity index (χ1n) is 9.96. The van der Waals surface area contributed by atoms with Crippen LogP contribution in [0.2, 0.25) is 5.02 Å². The number of anilines is 1. The number of nitrogens with zero attached hydrogens (tertiary/aromatic N) is 3. The van der Waals surface area contributed by atoms with Gasteiger partial charge in [0.15, 0.2) is 5.96 Å². The van der Waals surface area contributed by atoms with Crippen molar-refractivity contribution in [1.82, 2.24) is 15.5 Å². The number of benzene rings is 2. The molecule has 7 heteroatoms. The highest BCUT2D eigenvalue weighted by Crippen LogP contribution is 2.26. The van der Waals surface area contributed by atoms with Crippen LogP contribution >= 0.6 is 11.6 Å². The van der Waals surface area contributed by atoms with E-state index in [9.17, 15) is 4.79 Å². The first-order valence-corrected chi connectivity index (χ1v) is 10.3. The van der Waals surface area contributed by atoms with Gasteiger partial charge >= 0.3 is 0 Å². The van der Waals surface area contributed by atoms with E-state index in [4.69, 9.17) is 16.6 Å². The normalized spacial score (nSPS) is 14.7. The van der Waals surface area contributed by atoms with Gasteiger partial charge in [0.1, 0.15) is 0 Å². The highest BCUT2D eigenvalue weighted by atomic mass is 35.5. The zero-order valence-electron chi connectivity index (χ0n) is 17.0. The lowest BCUT2D eigenvalue weighted by Crippen LogP contribution is -2.52. The fourth-order valence-corrected chi connectivity index (χ4v) is 3.67. The van der Waals surface area contributed by atoms with Crippen LogP contribution in [0.5, 0.6) is 0 Å². The zero-order chi connectivity index (χ0) is 20.6. The maximum absolute atomic E-state index is 11.8. The van der Waals surface area contributed by atoms with Crippen molar-refractivity contribution in [1.29, 1.82) is 0 Å². The number of carbonyl (C=O) groups is 1. The number of halogens is 1. The van der Waals surface area contributed by atoms with Crippen molar-refractivity contribution in [2.24, 2.45) is 4.99 Å². The molecule has 1 aliphatic rings. The molecule has 0 aliphatic carbocycles. The Hall–Kier alpha value is -2.73. The quantitative estimate of drug-likeness (QED) is 0.584. The largest absolute Gasteiger partial charge is 0.367 e. The van der Waals surface area contributed by atoms with Gasteiger partial charge in [0.2, 0.25) is 0 Å². The van der Waals surface area contributed by atoms with Gasteiger partial charge in [0.25, 0.3) is 5.91 Å². The molecule has 1 aliphatic heterocycles. The molecule has 0 radical (unpaired) electrons. The van der Waals surface area contributed by atoms with Gasteiger partial charge in [-0.05, 0) is 36.8 Å². The van der Waals surface area contributed by atoms with E-state index in [2.05, 4.69) is 33.4 Å². The lowest BCUT2D eigenvalue weighted by molar-refractivity contribution is 0.0963. The molecule has 1 fully saturated rings. The molecular formula is C22H28ClN5O. The molecule has 6 nitrogen and oxygen atoms in total. The van der Waals surface area contributed by atoms with Crippen LogP contribution in [-0.4, -0.2) is 56.5 Å². The van der Waals surface area contributed by atoms with Crippen molar-refractivity contribution in [3.8, 4) is 0 Å². The predicted molar refractivity (Wildman–Crippen MR) is 120 cm³/mol. The van der Waals surface area contributed by atoms with Crippen molar-refractivity contribution in [2.45, 2.75) is 13.5 Å². The fraction of sp³-hybridized carbons (Fsp3) is 0.364. The molecular weight excluding hydrogens is 386 g/mol. The van der Waals surface area contributed by atoms with Crippen LogP contribution in [0.3, 0.4) is 0 Å². The van der Waals surface area contributed by atoms with Gasteiger partial charge < -0.3 is 20.4 Å². The van der Waals surface area contributed by atoms with Gasteiger partial charge in [0.05, 0.1) is 17.3 Å². The summed E-state index contributed by atoms with van der Waals surface area (Å²) in [5.74, 6) is 0.815. The van der Waals surface area contributed by atoms with Crippen molar-refractivity contribution in [3.63, 3.8) is 0 Å². The van der Waals surface area contributed by atoms with Crippen LogP contribution < -0.4 is 15.5 Å².